The molecule has 34 heavy (non-hydrogen) atoms. The quantitative estimate of drug-likeness (QED) is 0.0858. The molecule has 0 spiro atoms. The fourth-order valence-corrected chi connectivity index (χ4v) is 5.59. The molecule has 184 valence electrons. The molecular weight excluding hydrogens is 472 g/mol. The molecule has 0 radical (unpaired) electrons. The van der Waals surface area contributed by atoms with Crippen molar-refractivity contribution in [3.05, 3.63) is 46.4 Å². The van der Waals surface area contributed by atoms with Crippen molar-refractivity contribution in [1.29, 1.82) is 0 Å². The summed E-state index contributed by atoms with van der Waals surface area (Å²) in [6.45, 7) is 1.25. The Morgan fingerprint density at radius 3 is 2.24 bits per heavy atom. The van der Waals surface area contributed by atoms with Gasteiger partial charge in [-0.1, -0.05) is 12.1 Å². The minimum atomic E-state index is -3.09. The van der Waals surface area contributed by atoms with E-state index in [1.54, 1.807) is 0 Å². The highest BCUT2D eigenvalue weighted by Crippen LogP contribution is 2.56. The summed E-state index contributed by atoms with van der Waals surface area (Å²) < 4.78 is 0. The van der Waals surface area contributed by atoms with Gasteiger partial charge in [-0.2, -0.15) is 0 Å². The Kier molecular flexibility index (Phi) is 5.88. The zero-order chi connectivity index (χ0) is 24.8. The van der Waals surface area contributed by atoms with Gasteiger partial charge in [-0.3, -0.25) is 19.3 Å². The van der Waals surface area contributed by atoms with Crippen LogP contribution in [-0.4, -0.2) is 84.7 Å². The molecule has 0 aromatic heterocycles. The number of halogens is 1. The summed E-state index contributed by atoms with van der Waals surface area (Å²) in [5.41, 5.74) is -1.82. The zero-order valence-electron chi connectivity index (χ0n) is 19.4. The second-order valence-electron chi connectivity index (χ2n) is 9.06. The first kappa shape index (κ1) is 25.7. The monoisotopic (exact) mass is 496 g/mol. The van der Waals surface area contributed by atoms with Gasteiger partial charge in [-0.15, -0.1) is 0 Å². The molecule has 0 amide bonds. The molecule has 3 aliphatic rings. The minimum absolute atomic E-state index is 0. The molecule has 4 rings (SSSR count). The van der Waals surface area contributed by atoms with Crippen molar-refractivity contribution >= 4 is 23.1 Å². The topological polar surface area (TPSA) is 202 Å². The van der Waals surface area contributed by atoms with Crippen LogP contribution >= 0.6 is 0 Å². The zero-order valence-corrected chi connectivity index (χ0v) is 19.1. The highest BCUT2D eigenvalue weighted by atomic mass is 35.5. The van der Waals surface area contributed by atoms with Gasteiger partial charge in [0.25, 0.3) is 0 Å². The molecule has 2 saturated carbocycles. The fraction of sp³-hybridized carbons (Fsp3) is 0.409. The number of aliphatic hydroxyl groups excluding tert-OH is 3. The third-order valence-electron chi connectivity index (χ3n) is 7.02. The van der Waals surface area contributed by atoms with Gasteiger partial charge in [0, 0.05) is 0 Å². The Morgan fingerprint density at radius 1 is 1.12 bits per heavy atom. The maximum atomic E-state index is 13.7. The van der Waals surface area contributed by atoms with E-state index in [4.69, 9.17) is 5.73 Å². The molecule has 11 nitrogen and oxygen atoms in total. The molecule has 1 aromatic carbocycles. The number of hydrogen-bond acceptors (Lipinski definition) is 11. The number of phenols is 1. The summed E-state index contributed by atoms with van der Waals surface area (Å²) >= 11 is 0. The van der Waals surface area contributed by atoms with Crippen LogP contribution in [0.25, 0.3) is 5.76 Å². The Morgan fingerprint density at radius 2 is 1.71 bits per heavy atom. The Bertz CT molecular complexity index is 1190. The fourth-order valence-electron chi connectivity index (χ4n) is 5.59. The number of carbonyl (C=O) groups is 3. The van der Waals surface area contributed by atoms with Crippen LogP contribution in [0, 0.1) is 11.8 Å². The SMILES string of the molecule is CN(C)[C@@H]1C(=O)/C(=C(\N)O)C(=O)[C@@]2(O)C(=O)C3=C(O)c4c(O)cccc4[C@@](C)(O)[C@H]3[C@H](O)[C@@H]12.[Cl-].[H+]. The summed E-state index contributed by atoms with van der Waals surface area (Å²) in [5.74, 6) is -9.77. The lowest BCUT2D eigenvalue weighted by atomic mass is 9.52. The van der Waals surface area contributed by atoms with E-state index in [0.717, 1.165) is 0 Å². The molecule has 2 fully saturated rings. The predicted molar refractivity (Wildman–Crippen MR) is 113 cm³/mol. The average Bonchev–Trinajstić information content (AvgIpc) is 2.70. The number of nitrogens with zero attached hydrogens (tertiary/aromatic N) is 1. The van der Waals surface area contributed by atoms with Gasteiger partial charge in [0.1, 0.15) is 17.1 Å². The molecule has 3 aliphatic carbocycles. The maximum Gasteiger partial charge on any atom is 1.00 e. The number of Topliss-reactive ketones (excluding diaryl/α,β-unsaturated/α-hetero) is 3. The van der Waals surface area contributed by atoms with E-state index in [9.17, 15) is 45.0 Å². The van der Waals surface area contributed by atoms with Crippen molar-refractivity contribution in [2.45, 2.75) is 30.3 Å². The number of aromatic hydroxyl groups is 1. The van der Waals surface area contributed by atoms with Gasteiger partial charge in [0.15, 0.2) is 17.3 Å². The third kappa shape index (κ3) is 2.88. The number of aliphatic hydroxyl groups is 5. The Hall–Kier alpha value is -2.96. The summed E-state index contributed by atoms with van der Waals surface area (Å²) in [7, 11) is 2.80. The van der Waals surface area contributed by atoms with Crippen molar-refractivity contribution in [2.75, 3.05) is 14.1 Å². The number of rotatable bonds is 1. The highest BCUT2D eigenvalue weighted by molar-refractivity contribution is 6.36. The Labute approximate surface area is 201 Å². The number of nitrogens with two attached hydrogens (primary N) is 1. The van der Waals surface area contributed by atoms with E-state index >= 15 is 0 Å². The van der Waals surface area contributed by atoms with Gasteiger partial charge in [0.05, 0.1) is 40.7 Å². The Balaban J connectivity index is 0.00000216. The standard InChI is InChI=1S/C22H24N2O9.ClH/c1-21(32)7-5-4-6-8(25)9(7)15(26)10-12(21)17(28)13-14(24(2)3)16(27)11(20(23)31)19(30)22(13,33)18(10)29;/h4-6,12-14,17,25-26,28,31-33H,23H2,1-3H3;1H/b20-11-;/t12-,13-,14+,17+,21-,22+;/m1./s1. The van der Waals surface area contributed by atoms with Crippen LogP contribution in [0.4, 0.5) is 0 Å². The summed E-state index contributed by atoms with van der Waals surface area (Å²) in [5, 5.41) is 65.3. The third-order valence-corrected chi connectivity index (χ3v) is 7.02. The van der Waals surface area contributed by atoms with Crippen LogP contribution < -0.4 is 18.1 Å². The molecular formula is C22H25ClN2O9. The van der Waals surface area contributed by atoms with E-state index < -0.39 is 81.1 Å². The molecule has 12 heteroatoms. The van der Waals surface area contributed by atoms with E-state index in [2.05, 4.69) is 0 Å². The van der Waals surface area contributed by atoms with E-state index in [-0.39, 0.29) is 25.0 Å². The van der Waals surface area contributed by atoms with Gasteiger partial charge in [0.2, 0.25) is 11.6 Å². The molecule has 8 N–H and O–H groups in total. The number of fused-ring (bicyclic) bond motifs is 3. The largest absolute Gasteiger partial charge is 1.00 e. The number of likely N-dealkylation sites (N-methyl/N-ethyl adjacent to an activating group) is 1. The number of ketones is 3. The number of phenolic OH excluding ortho intramolecular Hbond substituents is 1. The van der Waals surface area contributed by atoms with Crippen LogP contribution in [-0.2, 0) is 20.0 Å². The normalized spacial score (nSPS) is 36.5. The molecule has 6 atom stereocenters. The van der Waals surface area contributed by atoms with Crippen molar-refractivity contribution in [2.24, 2.45) is 17.6 Å². The molecule has 0 saturated heterocycles. The van der Waals surface area contributed by atoms with Gasteiger partial charge in [-0.25, -0.2) is 0 Å². The van der Waals surface area contributed by atoms with Gasteiger partial charge < -0.3 is 48.8 Å². The van der Waals surface area contributed by atoms with Crippen LogP contribution in [0.2, 0.25) is 0 Å². The number of hydrogen-bond donors (Lipinski definition) is 7. The summed E-state index contributed by atoms with van der Waals surface area (Å²) in [6.07, 6.45) is -1.89. The highest BCUT2D eigenvalue weighted by Gasteiger charge is 2.71. The lowest BCUT2D eigenvalue weighted by Crippen LogP contribution is -3.00. The maximum absolute atomic E-state index is 13.7. The molecule has 0 aliphatic heterocycles. The first-order valence-corrected chi connectivity index (χ1v) is 10.1. The molecule has 0 heterocycles. The van der Waals surface area contributed by atoms with Gasteiger partial charge >= 0.3 is 1.43 Å². The van der Waals surface area contributed by atoms with E-state index in [0.29, 0.717) is 0 Å². The second kappa shape index (κ2) is 7.79. The molecule has 0 unspecified atom stereocenters. The minimum Gasteiger partial charge on any atom is -1.00 e. The van der Waals surface area contributed by atoms with Crippen LogP contribution in [0.1, 0.15) is 19.5 Å². The van der Waals surface area contributed by atoms with Gasteiger partial charge in [-0.05, 0) is 32.6 Å². The summed E-state index contributed by atoms with van der Waals surface area (Å²) in [6, 6.07) is 2.49. The molecule has 1 aromatic rings. The van der Waals surface area contributed by atoms with Crippen molar-refractivity contribution in [3.63, 3.8) is 0 Å². The van der Waals surface area contributed by atoms with E-state index in [1.165, 1.54) is 44.1 Å². The molecule has 0 bridgehead atoms. The number of carbonyl (C=O) groups excluding carboxylic acids is 3. The predicted octanol–water partition coefficient (Wildman–Crippen LogP) is -4.28. The van der Waals surface area contributed by atoms with Crippen molar-refractivity contribution in [1.82, 2.24) is 4.90 Å². The number of benzene rings is 1. The van der Waals surface area contributed by atoms with Crippen molar-refractivity contribution < 1.29 is 58.9 Å². The average molecular weight is 497 g/mol. The van der Waals surface area contributed by atoms with Crippen LogP contribution in [0.15, 0.2) is 35.2 Å². The first-order valence-electron chi connectivity index (χ1n) is 10.1. The lowest BCUT2D eigenvalue weighted by molar-refractivity contribution is -0.187. The summed E-state index contributed by atoms with van der Waals surface area (Å²) in [4.78, 5) is 41.1. The second-order valence-corrected chi connectivity index (χ2v) is 9.06. The lowest BCUT2D eigenvalue weighted by Gasteiger charge is -2.55. The van der Waals surface area contributed by atoms with Crippen molar-refractivity contribution in [3.8, 4) is 5.75 Å². The first-order chi connectivity index (χ1) is 15.2. The van der Waals surface area contributed by atoms with Crippen LogP contribution in [0.5, 0.6) is 5.75 Å². The smallest absolute Gasteiger partial charge is 1.00 e. The van der Waals surface area contributed by atoms with E-state index in [1.807, 2.05) is 0 Å². The van der Waals surface area contributed by atoms with Crippen LogP contribution in [0.3, 0.4) is 0 Å².